The van der Waals surface area contributed by atoms with Gasteiger partial charge in [0.1, 0.15) is 5.75 Å². The Morgan fingerprint density at radius 3 is 2.84 bits per heavy atom. The molecule has 3 aromatic rings. The van der Waals surface area contributed by atoms with Gasteiger partial charge in [-0.3, -0.25) is 4.79 Å². The van der Waals surface area contributed by atoms with Crippen LogP contribution in [0.5, 0.6) is 5.75 Å². The van der Waals surface area contributed by atoms with Crippen molar-refractivity contribution in [2.45, 2.75) is 0 Å². The fourth-order valence-electron chi connectivity index (χ4n) is 2.78. The molecular formula is C18H16ClN3O2S. The number of halogens is 1. The summed E-state index contributed by atoms with van der Waals surface area (Å²) >= 11 is 7.75. The minimum Gasteiger partial charge on any atom is -0.495 e. The highest BCUT2D eigenvalue weighted by Crippen LogP contribution is 2.33. The zero-order valence-corrected chi connectivity index (χ0v) is 15.1. The molecule has 0 atom stereocenters. The zero-order valence-electron chi connectivity index (χ0n) is 13.5. The van der Waals surface area contributed by atoms with Crippen LogP contribution < -0.4 is 15.0 Å². The summed E-state index contributed by atoms with van der Waals surface area (Å²) in [5.41, 5.74) is 1.68. The molecule has 1 fully saturated rings. The van der Waals surface area contributed by atoms with Crippen molar-refractivity contribution in [1.82, 2.24) is 4.98 Å². The van der Waals surface area contributed by atoms with Gasteiger partial charge in [0, 0.05) is 18.8 Å². The quantitative estimate of drug-likeness (QED) is 0.750. The Balaban J connectivity index is 1.38. The van der Waals surface area contributed by atoms with Gasteiger partial charge in [0.25, 0.3) is 0 Å². The smallest absolute Gasteiger partial charge is 0.231 e. The largest absolute Gasteiger partial charge is 0.495 e. The Bertz CT molecular complexity index is 904. The van der Waals surface area contributed by atoms with Crippen LogP contribution in [0.3, 0.4) is 0 Å². The number of carbonyl (C=O) groups is 1. The molecule has 2 aromatic carbocycles. The third kappa shape index (κ3) is 3.15. The van der Waals surface area contributed by atoms with Crippen LogP contribution in [0, 0.1) is 5.92 Å². The topological polar surface area (TPSA) is 54.5 Å². The molecule has 0 aliphatic carbocycles. The predicted molar refractivity (Wildman–Crippen MR) is 102 cm³/mol. The Kier molecular flexibility index (Phi) is 4.23. The van der Waals surface area contributed by atoms with Crippen LogP contribution in [-0.4, -0.2) is 31.1 Å². The number of anilines is 2. The summed E-state index contributed by atoms with van der Waals surface area (Å²) in [4.78, 5) is 19.1. The molecule has 1 aliphatic rings. The third-order valence-electron chi connectivity index (χ3n) is 4.22. The fourth-order valence-corrected chi connectivity index (χ4v) is 4.03. The lowest BCUT2D eigenvalue weighted by atomic mass is 10.00. The number of carbonyl (C=O) groups excluding carboxylic acids is 1. The van der Waals surface area contributed by atoms with E-state index in [0.717, 1.165) is 10.6 Å². The van der Waals surface area contributed by atoms with Crippen molar-refractivity contribution in [3.63, 3.8) is 0 Å². The second-order valence-electron chi connectivity index (χ2n) is 5.90. The molecule has 1 saturated heterocycles. The highest BCUT2D eigenvalue weighted by molar-refractivity contribution is 7.22. The van der Waals surface area contributed by atoms with E-state index in [9.17, 15) is 4.79 Å². The molecule has 1 amide bonds. The van der Waals surface area contributed by atoms with Gasteiger partial charge in [0.15, 0.2) is 5.13 Å². The van der Waals surface area contributed by atoms with Crippen LogP contribution in [-0.2, 0) is 4.79 Å². The summed E-state index contributed by atoms with van der Waals surface area (Å²) in [5.74, 6) is 0.539. The predicted octanol–water partition coefficient (Wildman–Crippen LogP) is 4.03. The van der Waals surface area contributed by atoms with Crippen LogP contribution in [0.1, 0.15) is 0 Å². The van der Waals surface area contributed by atoms with Crippen molar-refractivity contribution >= 4 is 49.9 Å². The maximum absolute atomic E-state index is 12.4. The van der Waals surface area contributed by atoms with Gasteiger partial charge in [-0.05, 0) is 30.3 Å². The average Bonchev–Trinajstić information content (AvgIpc) is 2.97. The molecule has 5 nitrogen and oxygen atoms in total. The van der Waals surface area contributed by atoms with Gasteiger partial charge in [-0.25, -0.2) is 4.98 Å². The number of hydrogen-bond acceptors (Lipinski definition) is 5. The van der Waals surface area contributed by atoms with Crippen LogP contribution in [0.2, 0.25) is 5.02 Å². The number of rotatable bonds is 4. The molecular weight excluding hydrogens is 358 g/mol. The molecule has 4 rings (SSSR count). The SMILES string of the molecule is COc1ccc(NC(=O)C2CN(c3nc4ccccc4s3)C2)cc1Cl. The van der Waals surface area contributed by atoms with Gasteiger partial charge >= 0.3 is 0 Å². The van der Waals surface area contributed by atoms with Crippen molar-refractivity contribution in [3.05, 3.63) is 47.5 Å². The normalized spacial score (nSPS) is 14.4. The van der Waals surface area contributed by atoms with E-state index in [2.05, 4.69) is 21.3 Å². The van der Waals surface area contributed by atoms with E-state index in [4.69, 9.17) is 16.3 Å². The Morgan fingerprint density at radius 2 is 2.12 bits per heavy atom. The van der Waals surface area contributed by atoms with E-state index in [-0.39, 0.29) is 11.8 Å². The Hall–Kier alpha value is -2.31. The zero-order chi connectivity index (χ0) is 17.4. The third-order valence-corrected chi connectivity index (χ3v) is 5.62. The van der Waals surface area contributed by atoms with E-state index in [1.54, 1.807) is 36.6 Å². The summed E-state index contributed by atoms with van der Waals surface area (Å²) in [6.07, 6.45) is 0. The summed E-state index contributed by atoms with van der Waals surface area (Å²) in [5, 5.41) is 4.36. The number of thiazole rings is 1. The molecule has 0 spiro atoms. The molecule has 0 unspecified atom stereocenters. The van der Waals surface area contributed by atoms with Crippen molar-refractivity contribution in [2.24, 2.45) is 5.92 Å². The number of nitrogens with zero attached hydrogens (tertiary/aromatic N) is 2. The maximum atomic E-state index is 12.4. The molecule has 1 N–H and O–H groups in total. The molecule has 0 saturated carbocycles. The van der Waals surface area contributed by atoms with Gasteiger partial charge in [-0.1, -0.05) is 35.1 Å². The second kappa shape index (κ2) is 6.54. The lowest BCUT2D eigenvalue weighted by Crippen LogP contribution is -2.52. The van der Waals surface area contributed by atoms with Gasteiger partial charge in [-0.15, -0.1) is 0 Å². The summed E-state index contributed by atoms with van der Waals surface area (Å²) in [6.45, 7) is 1.35. The van der Waals surface area contributed by atoms with E-state index in [0.29, 0.717) is 29.5 Å². The minimum absolute atomic E-state index is 0.00130. The molecule has 1 aromatic heterocycles. The summed E-state index contributed by atoms with van der Waals surface area (Å²) in [6, 6.07) is 13.3. The molecule has 1 aliphatic heterocycles. The number of ether oxygens (including phenoxy) is 1. The standard InChI is InChI=1S/C18H16ClN3O2S/c1-24-15-7-6-12(8-13(15)19)20-17(23)11-9-22(10-11)18-21-14-4-2-3-5-16(14)25-18/h2-8,11H,9-10H2,1H3,(H,20,23). The summed E-state index contributed by atoms with van der Waals surface area (Å²) < 4.78 is 6.28. The highest BCUT2D eigenvalue weighted by atomic mass is 35.5. The molecule has 0 radical (unpaired) electrons. The Morgan fingerprint density at radius 1 is 1.32 bits per heavy atom. The minimum atomic E-state index is -0.0483. The molecule has 2 heterocycles. The van der Waals surface area contributed by atoms with E-state index in [1.165, 1.54) is 4.70 Å². The molecule has 7 heteroatoms. The van der Waals surface area contributed by atoms with Crippen LogP contribution in [0.4, 0.5) is 10.8 Å². The number of amides is 1. The first-order chi connectivity index (χ1) is 12.1. The van der Waals surface area contributed by atoms with Crippen molar-refractivity contribution in [2.75, 3.05) is 30.4 Å². The van der Waals surface area contributed by atoms with Crippen molar-refractivity contribution in [1.29, 1.82) is 0 Å². The van der Waals surface area contributed by atoms with Crippen molar-refractivity contribution in [3.8, 4) is 5.75 Å². The first kappa shape index (κ1) is 16.2. The first-order valence-electron chi connectivity index (χ1n) is 7.89. The van der Waals surface area contributed by atoms with E-state index in [1.807, 2.05) is 18.2 Å². The highest BCUT2D eigenvalue weighted by Gasteiger charge is 2.34. The number of para-hydroxylation sites is 1. The van der Waals surface area contributed by atoms with Gasteiger partial charge < -0.3 is 15.0 Å². The number of methoxy groups -OCH3 is 1. The second-order valence-corrected chi connectivity index (χ2v) is 7.32. The number of aromatic nitrogens is 1. The maximum Gasteiger partial charge on any atom is 0.231 e. The number of benzene rings is 2. The molecule has 0 bridgehead atoms. The summed E-state index contributed by atoms with van der Waals surface area (Å²) in [7, 11) is 1.56. The van der Waals surface area contributed by atoms with Gasteiger partial charge in [-0.2, -0.15) is 0 Å². The van der Waals surface area contributed by atoms with Crippen LogP contribution >= 0.6 is 22.9 Å². The molecule has 25 heavy (non-hydrogen) atoms. The number of hydrogen-bond donors (Lipinski definition) is 1. The lowest BCUT2D eigenvalue weighted by molar-refractivity contribution is -0.120. The average molecular weight is 374 g/mol. The number of fused-ring (bicyclic) bond motifs is 1. The van der Waals surface area contributed by atoms with E-state index < -0.39 is 0 Å². The number of nitrogens with one attached hydrogen (secondary N) is 1. The lowest BCUT2D eigenvalue weighted by Gasteiger charge is -2.37. The monoisotopic (exact) mass is 373 g/mol. The van der Waals surface area contributed by atoms with Crippen LogP contribution in [0.25, 0.3) is 10.2 Å². The van der Waals surface area contributed by atoms with Gasteiger partial charge in [0.05, 0.1) is 28.3 Å². The van der Waals surface area contributed by atoms with Crippen molar-refractivity contribution < 1.29 is 9.53 Å². The fraction of sp³-hybridized carbons (Fsp3) is 0.222. The Labute approximate surface area is 154 Å². The molecule has 128 valence electrons. The first-order valence-corrected chi connectivity index (χ1v) is 9.08. The van der Waals surface area contributed by atoms with E-state index >= 15 is 0 Å². The van der Waals surface area contributed by atoms with Gasteiger partial charge in [0.2, 0.25) is 5.91 Å². The van der Waals surface area contributed by atoms with Crippen LogP contribution in [0.15, 0.2) is 42.5 Å².